The molecule has 0 bridgehead atoms. The molecule has 3 aliphatic rings. The third-order valence-corrected chi connectivity index (χ3v) is 10.2. The maximum atomic E-state index is 12.6. The number of rotatable bonds is 8. The number of aromatic hydroxyl groups is 1. The quantitative estimate of drug-likeness (QED) is 0.268. The second-order valence-corrected chi connectivity index (χ2v) is 12.0. The zero-order chi connectivity index (χ0) is 25.6. The van der Waals surface area contributed by atoms with Crippen LogP contribution in [0.1, 0.15) is 95.1 Å². The van der Waals surface area contributed by atoms with Crippen molar-refractivity contribution >= 4 is 0 Å². The van der Waals surface area contributed by atoms with Crippen LogP contribution in [0.5, 0.6) is 5.75 Å². The molecular weight excluding hydrogens is 453 g/mol. The van der Waals surface area contributed by atoms with Crippen LogP contribution in [0.15, 0.2) is 30.9 Å². The number of aliphatic hydroxyl groups is 2. The summed E-state index contributed by atoms with van der Waals surface area (Å²) in [6.07, 6.45) is 3.39. The smallest absolute Gasteiger partial charge is 0.414 e. The second kappa shape index (κ2) is 9.41. The molecule has 0 aliphatic heterocycles. The Bertz CT molecular complexity index is 926. The number of aliphatic hydroxyl groups excluding tert-OH is 1. The lowest BCUT2D eigenvalue weighted by molar-refractivity contribution is -0.205. The molecule has 1 aromatic rings. The summed E-state index contributed by atoms with van der Waals surface area (Å²) in [5, 5.41) is 30.8. The average molecular weight is 495 g/mol. The van der Waals surface area contributed by atoms with Gasteiger partial charge in [-0.25, -0.2) is 0 Å². The third kappa shape index (κ3) is 4.54. The number of unbranched alkanes of at least 4 members (excludes halogenated alkanes) is 3. The number of phenolic OH excluding ortho intramolecular Hbond substituents is 1. The Balaban J connectivity index is 1.54. The second-order valence-electron chi connectivity index (χ2n) is 12.0. The van der Waals surface area contributed by atoms with E-state index in [-0.39, 0.29) is 28.9 Å². The van der Waals surface area contributed by atoms with Crippen LogP contribution in [0.4, 0.5) is 13.2 Å². The van der Waals surface area contributed by atoms with E-state index < -0.39 is 17.9 Å². The van der Waals surface area contributed by atoms with Crippen molar-refractivity contribution in [3.8, 4) is 5.75 Å². The minimum atomic E-state index is -4.54. The van der Waals surface area contributed by atoms with Gasteiger partial charge in [-0.3, -0.25) is 0 Å². The third-order valence-electron chi connectivity index (χ3n) is 10.2. The number of hydrogen-bond donors (Lipinski definition) is 3. The van der Waals surface area contributed by atoms with Gasteiger partial charge in [-0.15, -0.1) is 6.58 Å². The van der Waals surface area contributed by atoms with E-state index >= 15 is 0 Å². The first-order chi connectivity index (χ1) is 16.4. The summed E-state index contributed by atoms with van der Waals surface area (Å²) in [6.45, 7) is 8.58. The number of benzene rings is 1. The van der Waals surface area contributed by atoms with Gasteiger partial charge in [-0.05, 0) is 104 Å². The molecular formula is C29H41F3O3. The molecule has 0 spiro atoms. The van der Waals surface area contributed by atoms with Gasteiger partial charge in [0.2, 0.25) is 0 Å². The largest absolute Gasteiger partial charge is 0.508 e. The Morgan fingerprint density at radius 2 is 1.86 bits per heavy atom. The lowest BCUT2D eigenvalue weighted by Gasteiger charge is -2.61. The van der Waals surface area contributed by atoms with Crippen LogP contribution in [0.25, 0.3) is 0 Å². The number of phenols is 1. The van der Waals surface area contributed by atoms with Crippen LogP contribution in [-0.4, -0.2) is 33.2 Å². The number of alkyl halides is 3. The first kappa shape index (κ1) is 26.5. The topological polar surface area (TPSA) is 60.7 Å². The van der Waals surface area contributed by atoms with Crippen molar-refractivity contribution in [1.29, 1.82) is 0 Å². The molecule has 0 saturated heterocycles. The van der Waals surface area contributed by atoms with Crippen molar-refractivity contribution in [3.63, 3.8) is 0 Å². The van der Waals surface area contributed by atoms with Gasteiger partial charge in [-0.1, -0.05) is 44.7 Å². The molecule has 0 heterocycles. The molecule has 7 atom stereocenters. The highest BCUT2D eigenvalue weighted by molar-refractivity contribution is 5.43. The predicted octanol–water partition coefficient (Wildman–Crippen LogP) is 7.05. The lowest BCUT2D eigenvalue weighted by atomic mass is 9.43. The number of hydrogen-bond acceptors (Lipinski definition) is 3. The maximum Gasteiger partial charge on any atom is 0.414 e. The Morgan fingerprint density at radius 3 is 2.54 bits per heavy atom. The number of fused-ring (bicyclic) bond motifs is 5. The van der Waals surface area contributed by atoms with Crippen molar-refractivity contribution in [2.45, 2.75) is 108 Å². The van der Waals surface area contributed by atoms with E-state index in [1.54, 1.807) is 6.07 Å². The first-order valence-corrected chi connectivity index (χ1v) is 13.3. The Morgan fingerprint density at radius 1 is 1.14 bits per heavy atom. The van der Waals surface area contributed by atoms with Crippen LogP contribution in [-0.2, 0) is 6.42 Å². The molecule has 1 unspecified atom stereocenters. The van der Waals surface area contributed by atoms with Gasteiger partial charge in [0, 0.05) is 0 Å². The van der Waals surface area contributed by atoms with Gasteiger partial charge < -0.3 is 15.3 Å². The van der Waals surface area contributed by atoms with E-state index in [2.05, 4.69) is 25.6 Å². The van der Waals surface area contributed by atoms with Crippen LogP contribution in [0, 0.1) is 22.7 Å². The van der Waals surface area contributed by atoms with E-state index in [4.69, 9.17) is 0 Å². The number of allylic oxidation sites excluding steroid dienone is 1. The normalized spacial score (nSPS) is 37.3. The summed E-state index contributed by atoms with van der Waals surface area (Å²) >= 11 is 0. The molecule has 3 aliphatic carbocycles. The summed E-state index contributed by atoms with van der Waals surface area (Å²) < 4.78 is 37.7. The Hall–Kier alpha value is -1.53. The monoisotopic (exact) mass is 494 g/mol. The minimum absolute atomic E-state index is 0.112. The Kier molecular flexibility index (Phi) is 7.13. The van der Waals surface area contributed by atoms with Crippen LogP contribution in [0.3, 0.4) is 0 Å². The molecule has 3 nitrogen and oxygen atoms in total. The highest BCUT2D eigenvalue weighted by atomic mass is 19.4. The molecule has 196 valence electrons. The fourth-order valence-electron chi connectivity index (χ4n) is 8.18. The van der Waals surface area contributed by atoms with E-state index in [0.29, 0.717) is 24.7 Å². The molecule has 3 N–H and O–H groups in total. The fourth-order valence-corrected chi connectivity index (χ4v) is 8.18. The van der Waals surface area contributed by atoms with Gasteiger partial charge in [0.1, 0.15) is 11.9 Å². The standard InChI is InChI=1S/C29H41F3O3/c1-4-28-16-13-19-17-21(33)11-12-22(19)25(28)20(18-26(2)23(28)14-15-27(26,3)35)9-7-5-6-8-10-24(34)29(30,31)32/h4,11-12,17,20,23-25,33-35H,1,5-10,13-16,18H2,2-3H3/t20-,23+,24?,25+,26-,27-,28-/m0/s1. The molecule has 2 saturated carbocycles. The van der Waals surface area contributed by atoms with Crippen molar-refractivity contribution in [2.75, 3.05) is 0 Å². The van der Waals surface area contributed by atoms with Gasteiger partial charge in [0.25, 0.3) is 0 Å². The van der Waals surface area contributed by atoms with Crippen LogP contribution < -0.4 is 0 Å². The molecule has 0 amide bonds. The molecule has 4 rings (SSSR count). The average Bonchev–Trinajstić information content (AvgIpc) is 3.03. The molecule has 0 radical (unpaired) electrons. The van der Waals surface area contributed by atoms with Crippen molar-refractivity contribution < 1.29 is 28.5 Å². The van der Waals surface area contributed by atoms with E-state index in [1.807, 2.05) is 13.0 Å². The van der Waals surface area contributed by atoms with Gasteiger partial charge >= 0.3 is 6.18 Å². The van der Waals surface area contributed by atoms with Crippen LogP contribution >= 0.6 is 0 Å². The minimum Gasteiger partial charge on any atom is -0.508 e. The molecule has 6 heteroatoms. The first-order valence-electron chi connectivity index (χ1n) is 13.3. The van der Waals surface area contributed by atoms with Gasteiger partial charge in [0.05, 0.1) is 5.60 Å². The molecule has 35 heavy (non-hydrogen) atoms. The molecule has 2 fully saturated rings. The highest BCUT2D eigenvalue weighted by Gasteiger charge is 2.66. The van der Waals surface area contributed by atoms with E-state index in [9.17, 15) is 28.5 Å². The fraction of sp³-hybridized carbons (Fsp3) is 0.724. The van der Waals surface area contributed by atoms with Crippen LogP contribution in [0.2, 0.25) is 0 Å². The summed E-state index contributed by atoms with van der Waals surface area (Å²) in [5.41, 5.74) is 1.43. The summed E-state index contributed by atoms with van der Waals surface area (Å²) in [4.78, 5) is 0. The molecule has 0 aromatic heterocycles. The van der Waals surface area contributed by atoms with Crippen molar-refractivity contribution in [2.24, 2.45) is 22.7 Å². The van der Waals surface area contributed by atoms with Crippen molar-refractivity contribution in [1.82, 2.24) is 0 Å². The van der Waals surface area contributed by atoms with Crippen molar-refractivity contribution in [3.05, 3.63) is 42.0 Å². The Labute approximate surface area is 207 Å². The van der Waals surface area contributed by atoms with E-state index in [1.165, 1.54) is 11.1 Å². The zero-order valence-corrected chi connectivity index (χ0v) is 21.1. The lowest BCUT2D eigenvalue weighted by Crippen LogP contribution is -2.56. The number of aryl methyl sites for hydroxylation is 1. The van der Waals surface area contributed by atoms with Gasteiger partial charge in [-0.2, -0.15) is 13.2 Å². The molecule has 1 aromatic carbocycles. The summed E-state index contributed by atoms with van der Waals surface area (Å²) in [6, 6.07) is 5.75. The zero-order valence-electron chi connectivity index (χ0n) is 21.1. The SMILES string of the molecule is C=C[C@@]12CCc3cc(O)ccc3[C@H]1[C@@H](CCCCCCC(O)C(F)(F)F)C[C@@]1(C)[C@H]2CC[C@]1(C)O. The predicted molar refractivity (Wildman–Crippen MR) is 131 cm³/mol. The number of halogens is 3. The van der Waals surface area contributed by atoms with Gasteiger partial charge in [0.15, 0.2) is 0 Å². The van der Waals surface area contributed by atoms with E-state index in [0.717, 1.165) is 51.4 Å². The highest BCUT2D eigenvalue weighted by Crippen LogP contribution is 2.71. The summed E-state index contributed by atoms with van der Waals surface area (Å²) in [5.74, 6) is 1.22. The summed E-state index contributed by atoms with van der Waals surface area (Å²) in [7, 11) is 0. The maximum absolute atomic E-state index is 12.6.